The fourth-order valence-corrected chi connectivity index (χ4v) is 5.16. The lowest BCUT2D eigenvalue weighted by atomic mass is 9.96. The SMILES string of the molecule is CCn1c(SCC(=O)Nc2ccc(CCN3CCC(C(N)=O)CC3)cc2)nc2ccccc21. The third-order valence-corrected chi connectivity index (χ3v) is 7.19. The Balaban J connectivity index is 1.24. The standard InChI is InChI=1S/C25H31N5O2S/c1-2-30-22-6-4-3-5-21(22)28-25(30)33-17-23(31)27-20-9-7-18(8-10-20)11-14-29-15-12-19(13-16-29)24(26)32/h3-10,19H,2,11-17H2,1H3,(H2,26,32)(H,27,31). The van der Waals surface area contributed by atoms with E-state index in [1.807, 2.05) is 30.3 Å². The number of primary amides is 1. The number of aromatic nitrogens is 2. The third-order valence-electron chi connectivity index (χ3n) is 6.21. The van der Waals surface area contributed by atoms with Crippen LogP contribution in [-0.2, 0) is 22.6 Å². The second kappa shape index (κ2) is 10.9. The van der Waals surface area contributed by atoms with E-state index in [1.165, 1.54) is 17.3 Å². The maximum absolute atomic E-state index is 12.5. The van der Waals surface area contributed by atoms with E-state index in [9.17, 15) is 9.59 Å². The topological polar surface area (TPSA) is 93.3 Å². The lowest BCUT2D eigenvalue weighted by Gasteiger charge is -2.30. The number of likely N-dealkylation sites (tertiary alicyclic amines) is 1. The molecule has 174 valence electrons. The minimum Gasteiger partial charge on any atom is -0.369 e. The van der Waals surface area contributed by atoms with Gasteiger partial charge in [-0.25, -0.2) is 4.98 Å². The van der Waals surface area contributed by atoms with Crippen LogP contribution in [0.3, 0.4) is 0 Å². The summed E-state index contributed by atoms with van der Waals surface area (Å²) in [4.78, 5) is 30.8. The van der Waals surface area contributed by atoms with Gasteiger partial charge in [-0.3, -0.25) is 9.59 Å². The summed E-state index contributed by atoms with van der Waals surface area (Å²) in [5.74, 6) is 0.129. The number of anilines is 1. The molecule has 2 heterocycles. The molecule has 33 heavy (non-hydrogen) atoms. The second-order valence-corrected chi connectivity index (χ2v) is 9.37. The summed E-state index contributed by atoms with van der Waals surface area (Å²) in [7, 11) is 0. The molecule has 0 spiro atoms. The van der Waals surface area contributed by atoms with Gasteiger partial charge < -0.3 is 20.5 Å². The quantitative estimate of drug-likeness (QED) is 0.472. The number of carbonyl (C=O) groups excluding carboxylic acids is 2. The van der Waals surface area contributed by atoms with Crippen LogP contribution in [0, 0.1) is 5.92 Å². The Bertz CT molecular complexity index is 1100. The van der Waals surface area contributed by atoms with E-state index in [-0.39, 0.29) is 17.7 Å². The van der Waals surface area contributed by atoms with E-state index in [0.29, 0.717) is 5.75 Å². The number of hydrogen-bond acceptors (Lipinski definition) is 5. The predicted octanol–water partition coefficient (Wildman–Crippen LogP) is 3.53. The first-order valence-electron chi connectivity index (χ1n) is 11.5. The highest BCUT2D eigenvalue weighted by Crippen LogP contribution is 2.24. The number of imidazole rings is 1. The largest absolute Gasteiger partial charge is 0.369 e. The molecule has 2 amide bonds. The molecule has 0 saturated carbocycles. The lowest BCUT2D eigenvalue weighted by molar-refractivity contribution is -0.123. The van der Waals surface area contributed by atoms with E-state index >= 15 is 0 Å². The molecular weight excluding hydrogens is 434 g/mol. The predicted molar refractivity (Wildman–Crippen MR) is 133 cm³/mol. The summed E-state index contributed by atoms with van der Waals surface area (Å²) < 4.78 is 2.14. The van der Waals surface area contributed by atoms with E-state index in [1.54, 1.807) is 0 Å². The number of amides is 2. The first kappa shape index (κ1) is 23.3. The third kappa shape index (κ3) is 5.94. The van der Waals surface area contributed by atoms with Crippen molar-refractivity contribution in [2.75, 3.05) is 30.7 Å². The van der Waals surface area contributed by atoms with Gasteiger partial charge in [-0.05, 0) is 69.1 Å². The summed E-state index contributed by atoms with van der Waals surface area (Å²) in [5, 5.41) is 3.85. The number of carbonyl (C=O) groups is 2. The van der Waals surface area contributed by atoms with Gasteiger partial charge in [-0.1, -0.05) is 36.0 Å². The van der Waals surface area contributed by atoms with Gasteiger partial charge in [0.25, 0.3) is 0 Å². The molecule has 4 rings (SSSR count). The lowest BCUT2D eigenvalue weighted by Crippen LogP contribution is -2.39. The van der Waals surface area contributed by atoms with Crippen molar-refractivity contribution in [3.63, 3.8) is 0 Å². The van der Waals surface area contributed by atoms with Crippen molar-refractivity contribution in [3.05, 3.63) is 54.1 Å². The number of thioether (sulfide) groups is 1. The average Bonchev–Trinajstić information content (AvgIpc) is 3.20. The molecule has 1 saturated heterocycles. The smallest absolute Gasteiger partial charge is 0.234 e. The van der Waals surface area contributed by atoms with Crippen LogP contribution in [0.4, 0.5) is 5.69 Å². The van der Waals surface area contributed by atoms with E-state index in [2.05, 4.69) is 44.9 Å². The highest BCUT2D eigenvalue weighted by molar-refractivity contribution is 7.99. The number of nitrogens with zero attached hydrogens (tertiary/aromatic N) is 3. The molecule has 0 radical (unpaired) electrons. The van der Waals surface area contributed by atoms with Crippen LogP contribution in [0.2, 0.25) is 0 Å². The molecule has 3 N–H and O–H groups in total. The first-order valence-corrected chi connectivity index (χ1v) is 12.5. The normalized spacial score (nSPS) is 15.1. The highest BCUT2D eigenvalue weighted by atomic mass is 32.2. The summed E-state index contributed by atoms with van der Waals surface area (Å²) in [6.45, 7) is 5.71. The molecule has 0 bridgehead atoms. The Morgan fingerprint density at radius 2 is 1.85 bits per heavy atom. The van der Waals surface area contributed by atoms with Crippen molar-refractivity contribution in [2.45, 2.75) is 37.9 Å². The molecule has 0 aliphatic carbocycles. The Labute approximate surface area is 198 Å². The number of rotatable bonds is 9. The number of nitrogens with one attached hydrogen (secondary N) is 1. The molecule has 7 nitrogen and oxygen atoms in total. The zero-order valence-electron chi connectivity index (χ0n) is 19.0. The van der Waals surface area contributed by atoms with Crippen LogP contribution in [0.1, 0.15) is 25.3 Å². The average molecular weight is 466 g/mol. The van der Waals surface area contributed by atoms with Crippen LogP contribution in [0.15, 0.2) is 53.7 Å². The zero-order chi connectivity index (χ0) is 23.2. The molecule has 2 aromatic carbocycles. The molecule has 1 aromatic heterocycles. The summed E-state index contributed by atoms with van der Waals surface area (Å²) >= 11 is 1.46. The number of benzene rings is 2. The highest BCUT2D eigenvalue weighted by Gasteiger charge is 2.22. The van der Waals surface area contributed by atoms with Crippen LogP contribution in [0.25, 0.3) is 11.0 Å². The van der Waals surface area contributed by atoms with Crippen LogP contribution in [-0.4, -0.2) is 51.7 Å². The Morgan fingerprint density at radius 1 is 1.12 bits per heavy atom. The molecule has 1 fully saturated rings. The van der Waals surface area contributed by atoms with Gasteiger partial charge >= 0.3 is 0 Å². The second-order valence-electron chi connectivity index (χ2n) is 8.43. The van der Waals surface area contributed by atoms with Gasteiger partial charge in [-0.2, -0.15) is 0 Å². The summed E-state index contributed by atoms with van der Waals surface area (Å²) in [5.41, 5.74) is 9.49. The monoisotopic (exact) mass is 465 g/mol. The number of para-hydroxylation sites is 2. The number of fused-ring (bicyclic) bond motifs is 1. The van der Waals surface area contributed by atoms with Crippen molar-refractivity contribution in [2.24, 2.45) is 11.7 Å². The van der Waals surface area contributed by atoms with Gasteiger partial charge in [0.15, 0.2) is 5.16 Å². The fourth-order valence-electron chi connectivity index (χ4n) is 4.28. The molecule has 0 unspecified atom stereocenters. The van der Waals surface area contributed by atoms with Crippen molar-refractivity contribution in [3.8, 4) is 0 Å². The number of aryl methyl sites for hydroxylation is 1. The van der Waals surface area contributed by atoms with E-state index in [0.717, 1.165) is 67.3 Å². The van der Waals surface area contributed by atoms with Crippen LogP contribution >= 0.6 is 11.8 Å². The van der Waals surface area contributed by atoms with Gasteiger partial charge in [0.2, 0.25) is 11.8 Å². The molecule has 1 aliphatic heterocycles. The van der Waals surface area contributed by atoms with Crippen molar-refractivity contribution in [1.82, 2.24) is 14.5 Å². The van der Waals surface area contributed by atoms with Gasteiger partial charge in [0, 0.05) is 24.7 Å². The molecular formula is C25H31N5O2S. The minimum absolute atomic E-state index is 0.0309. The first-order chi connectivity index (χ1) is 16.0. The van der Waals surface area contributed by atoms with Gasteiger partial charge in [0.05, 0.1) is 16.8 Å². The van der Waals surface area contributed by atoms with E-state index < -0.39 is 0 Å². The molecule has 8 heteroatoms. The van der Waals surface area contributed by atoms with Crippen LogP contribution in [0.5, 0.6) is 0 Å². The summed E-state index contributed by atoms with van der Waals surface area (Å²) in [6, 6.07) is 16.1. The number of hydrogen-bond donors (Lipinski definition) is 2. The van der Waals surface area contributed by atoms with Crippen molar-refractivity contribution in [1.29, 1.82) is 0 Å². The van der Waals surface area contributed by atoms with Gasteiger partial charge in [-0.15, -0.1) is 0 Å². The summed E-state index contributed by atoms with van der Waals surface area (Å²) in [6.07, 6.45) is 2.65. The Kier molecular flexibility index (Phi) is 7.67. The van der Waals surface area contributed by atoms with Gasteiger partial charge in [0.1, 0.15) is 0 Å². The molecule has 1 aliphatic rings. The zero-order valence-corrected chi connectivity index (χ0v) is 19.8. The number of piperidine rings is 1. The molecule has 3 aromatic rings. The molecule has 0 atom stereocenters. The van der Waals surface area contributed by atoms with Crippen molar-refractivity contribution < 1.29 is 9.59 Å². The van der Waals surface area contributed by atoms with Crippen molar-refractivity contribution >= 4 is 40.3 Å². The fraction of sp³-hybridized carbons (Fsp3) is 0.400. The Hall–Kier alpha value is -2.84. The number of nitrogens with two attached hydrogens (primary N) is 1. The van der Waals surface area contributed by atoms with E-state index in [4.69, 9.17) is 5.73 Å². The maximum atomic E-state index is 12.5. The van der Waals surface area contributed by atoms with Crippen LogP contribution < -0.4 is 11.1 Å². The Morgan fingerprint density at radius 3 is 2.55 bits per heavy atom. The maximum Gasteiger partial charge on any atom is 0.234 e. The minimum atomic E-state index is -0.172.